The van der Waals surface area contributed by atoms with Crippen LogP contribution >= 0.6 is 11.6 Å². The summed E-state index contributed by atoms with van der Waals surface area (Å²) in [5.41, 5.74) is 12.3. The molecule has 0 radical (unpaired) electrons. The summed E-state index contributed by atoms with van der Waals surface area (Å²) in [4.78, 5) is 26.2. The Morgan fingerprint density at radius 2 is 2.00 bits per heavy atom. The van der Waals surface area contributed by atoms with Crippen molar-refractivity contribution in [2.24, 2.45) is 11.7 Å². The first-order valence-corrected chi connectivity index (χ1v) is 11.5. The van der Waals surface area contributed by atoms with Crippen LogP contribution in [0.15, 0.2) is 36.4 Å². The number of rotatable bonds is 9. The van der Waals surface area contributed by atoms with Gasteiger partial charge in [0.15, 0.2) is 0 Å². The van der Waals surface area contributed by atoms with Gasteiger partial charge >= 0.3 is 6.09 Å². The summed E-state index contributed by atoms with van der Waals surface area (Å²) >= 11 is 6.06. The lowest BCUT2D eigenvalue weighted by Crippen LogP contribution is -2.39. The number of amides is 2. The van der Waals surface area contributed by atoms with Crippen molar-refractivity contribution in [2.45, 2.75) is 25.4 Å². The Hall–Kier alpha value is -3.04. The molecule has 1 unspecified atom stereocenters. The molecule has 0 aliphatic carbocycles. The number of halogens is 2. The average Bonchev–Trinajstić information content (AvgIpc) is 2.82. The fraction of sp³-hybridized carbons (Fsp3) is 0.417. The van der Waals surface area contributed by atoms with Crippen molar-refractivity contribution in [1.82, 2.24) is 10.2 Å². The predicted molar refractivity (Wildman–Crippen MR) is 128 cm³/mol. The summed E-state index contributed by atoms with van der Waals surface area (Å²) in [6.45, 7) is 2.89. The maximum Gasteiger partial charge on any atom is 0.405 e. The average molecular weight is 493 g/mol. The van der Waals surface area contributed by atoms with E-state index in [4.69, 9.17) is 32.5 Å². The smallest absolute Gasteiger partial charge is 0.405 e. The fourth-order valence-corrected chi connectivity index (χ4v) is 4.27. The van der Waals surface area contributed by atoms with E-state index in [0.29, 0.717) is 53.0 Å². The van der Waals surface area contributed by atoms with Crippen LogP contribution in [0.3, 0.4) is 0 Å². The first-order valence-electron chi connectivity index (χ1n) is 11.1. The van der Waals surface area contributed by atoms with Gasteiger partial charge in [0, 0.05) is 25.6 Å². The highest BCUT2D eigenvalue weighted by Gasteiger charge is 2.23. The van der Waals surface area contributed by atoms with Crippen LogP contribution in [-0.2, 0) is 4.74 Å². The number of hydrogen-bond acceptors (Lipinski definition) is 6. The van der Waals surface area contributed by atoms with Gasteiger partial charge in [0.1, 0.15) is 17.7 Å². The van der Waals surface area contributed by atoms with Crippen LogP contribution in [0.1, 0.15) is 41.3 Å². The molecule has 1 saturated heterocycles. The number of methoxy groups -OCH3 is 1. The zero-order valence-electron chi connectivity index (χ0n) is 19.1. The van der Waals surface area contributed by atoms with E-state index in [1.807, 2.05) is 0 Å². The molecule has 5 N–H and O–H groups in total. The summed E-state index contributed by atoms with van der Waals surface area (Å²) in [6.07, 6.45) is 0.822. The molecule has 2 aromatic rings. The second kappa shape index (κ2) is 11.9. The van der Waals surface area contributed by atoms with Gasteiger partial charge in [-0.3, -0.25) is 4.79 Å². The molecule has 8 nitrogen and oxygen atoms in total. The van der Waals surface area contributed by atoms with Crippen molar-refractivity contribution >= 4 is 29.3 Å². The van der Waals surface area contributed by atoms with Crippen LogP contribution in [-0.4, -0.2) is 50.2 Å². The topological polar surface area (TPSA) is 120 Å². The molecular formula is C24H30ClFN4O4. The number of hydrogen-bond donors (Lipinski definition) is 3. The quantitative estimate of drug-likeness (QED) is 0.459. The SMILES string of the molecule is COc1cc(N)c(Cl)cc1C(=O)NCC1CCN(CCC(OC(N)=O)c2cccc(F)c2)CC1. The number of likely N-dealkylation sites (tertiary alicyclic amines) is 1. The number of nitrogens with zero attached hydrogens (tertiary/aromatic N) is 1. The van der Waals surface area contributed by atoms with Gasteiger partial charge in [-0.15, -0.1) is 0 Å². The van der Waals surface area contributed by atoms with E-state index < -0.39 is 18.0 Å². The van der Waals surface area contributed by atoms with Crippen LogP contribution in [0, 0.1) is 11.7 Å². The van der Waals surface area contributed by atoms with Gasteiger partial charge in [-0.05, 0) is 55.6 Å². The Morgan fingerprint density at radius 3 is 2.65 bits per heavy atom. The van der Waals surface area contributed by atoms with Gasteiger partial charge < -0.3 is 31.2 Å². The number of nitrogens with one attached hydrogen (secondary N) is 1. The molecule has 0 saturated carbocycles. The van der Waals surface area contributed by atoms with E-state index >= 15 is 0 Å². The molecule has 1 atom stereocenters. The molecule has 1 heterocycles. The highest BCUT2D eigenvalue weighted by Crippen LogP contribution is 2.29. The third kappa shape index (κ3) is 6.98. The number of ether oxygens (including phenoxy) is 2. The van der Waals surface area contributed by atoms with E-state index in [1.54, 1.807) is 12.1 Å². The number of anilines is 1. The van der Waals surface area contributed by atoms with Gasteiger partial charge in [-0.2, -0.15) is 0 Å². The number of nitrogens with two attached hydrogens (primary N) is 2. The standard InChI is InChI=1S/C24H30ClFN4O4/c1-33-22-13-20(27)19(25)12-18(22)23(31)29-14-15-5-8-30(9-6-15)10-7-21(34-24(28)32)16-3-2-4-17(26)11-16/h2-4,11-13,15,21H,5-10,14,27H2,1H3,(H2,28,32)(H,29,31). The molecular weight excluding hydrogens is 463 g/mol. The summed E-state index contributed by atoms with van der Waals surface area (Å²) in [5.74, 6) is 0.0524. The molecule has 0 aromatic heterocycles. The number of benzene rings is 2. The number of piperidine rings is 1. The Kier molecular flexibility index (Phi) is 8.95. The van der Waals surface area contributed by atoms with Crippen molar-refractivity contribution in [3.05, 3.63) is 58.4 Å². The molecule has 0 bridgehead atoms. The molecule has 184 valence electrons. The Balaban J connectivity index is 1.47. The highest BCUT2D eigenvalue weighted by atomic mass is 35.5. The number of nitrogen functional groups attached to an aromatic ring is 1. The molecule has 2 amide bonds. The van der Waals surface area contributed by atoms with Crippen LogP contribution in [0.5, 0.6) is 5.75 Å². The van der Waals surface area contributed by atoms with Crippen molar-refractivity contribution in [1.29, 1.82) is 0 Å². The highest BCUT2D eigenvalue weighted by molar-refractivity contribution is 6.33. The van der Waals surface area contributed by atoms with Crippen molar-refractivity contribution in [2.75, 3.05) is 39.0 Å². The second-order valence-electron chi connectivity index (χ2n) is 8.34. The third-order valence-corrected chi connectivity index (χ3v) is 6.34. The van der Waals surface area contributed by atoms with Crippen molar-refractivity contribution in [3.8, 4) is 5.75 Å². The van der Waals surface area contributed by atoms with Crippen molar-refractivity contribution < 1.29 is 23.5 Å². The minimum absolute atomic E-state index is 0.261. The van der Waals surface area contributed by atoms with Crippen molar-refractivity contribution in [3.63, 3.8) is 0 Å². The van der Waals surface area contributed by atoms with E-state index in [-0.39, 0.29) is 5.91 Å². The summed E-state index contributed by atoms with van der Waals surface area (Å²) in [6, 6.07) is 9.04. The lowest BCUT2D eigenvalue weighted by molar-refractivity contribution is 0.0839. The lowest BCUT2D eigenvalue weighted by atomic mass is 9.96. The predicted octanol–water partition coefficient (Wildman–Crippen LogP) is 3.74. The normalized spacial score (nSPS) is 15.5. The second-order valence-corrected chi connectivity index (χ2v) is 8.75. The number of carbonyl (C=O) groups excluding carboxylic acids is 2. The van der Waals surface area contributed by atoms with Crippen LogP contribution in [0.25, 0.3) is 0 Å². The Morgan fingerprint density at radius 1 is 1.26 bits per heavy atom. The van der Waals surface area contributed by atoms with Gasteiger partial charge in [0.05, 0.1) is 23.4 Å². The first-order chi connectivity index (χ1) is 16.3. The minimum Gasteiger partial charge on any atom is -0.496 e. The largest absolute Gasteiger partial charge is 0.496 e. The van der Waals surface area contributed by atoms with Crippen LogP contribution in [0.4, 0.5) is 14.9 Å². The third-order valence-electron chi connectivity index (χ3n) is 6.01. The number of carbonyl (C=O) groups is 2. The zero-order valence-corrected chi connectivity index (χ0v) is 19.8. The molecule has 2 aromatic carbocycles. The molecule has 34 heavy (non-hydrogen) atoms. The van der Waals surface area contributed by atoms with Gasteiger partial charge in [0.2, 0.25) is 0 Å². The van der Waals surface area contributed by atoms with E-state index in [0.717, 1.165) is 25.9 Å². The monoisotopic (exact) mass is 492 g/mol. The Labute approximate surface area is 203 Å². The maximum atomic E-state index is 13.6. The lowest BCUT2D eigenvalue weighted by Gasteiger charge is -2.32. The fourth-order valence-electron chi connectivity index (χ4n) is 4.10. The summed E-state index contributed by atoms with van der Waals surface area (Å²) in [5, 5.41) is 3.26. The molecule has 3 rings (SSSR count). The van der Waals surface area contributed by atoms with Crippen LogP contribution < -0.4 is 21.5 Å². The molecule has 1 fully saturated rings. The zero-order chi connectivity index (χ0) is 24.7. The first kappa shape index (κ1) is 25.6. The van der Waals surface area contributed by atoms with E-state index in [1.165, 1.54) is 31.4 Å². The summed E-state index contributed by atoms with van der Waals surface area (Å²) in [7, 11) is 1.47. The maximum absolute atomic E-state index is 13.6. The van der Waals surface area contributed by atoms with Crippen LogP contribution in [0.2, 0.25) is 5.02 Å². The van der Waals surface area contributed by atoms with Gasteiger partial charge in [0.25, 0.3) is 5.91 Å². The summed E-state index contributed by atoms with van der Waals surface area (Å²) < 4.78 is 24.1. The van der Waals surface area contributed by atoms with Gasteiger partial charge in [-0.25, -0.2) is 9.18 Å². The number of primary amides is 1. The minimum atomic E-state index is -0.886. The molecule has 10 heteroatoms. The molecule has 1 aliphatic heterocycles. The van der Waals surface area contributed by atoms with E-state index in [2.05, 4.69) is 10.2 Å². The van der Waals surface area contributed by atoms with E-state index in [9.17, 15) is 14.0 Å². The Bertz CT molecular complexity index is 1010. The molecule has 1 aliphatic rings. The van der Waals surface area contributed by atoms with Gasteiger partial charge in [-0.1, -0.05) is 23.7 Å². The molecule has 0 spiro atoms.